The van der Waals surface area contributed by atoms with Crippen LogP contribution in [0.1, 0.15) is 23.7 Å². The Morgan fingerprint density at radius 1 is 1.30 bits per heavy atom. The van der Waals surface area contributed by atoms with Gasteiger partial charge in [-0.05, 0) is 49.1 Å². The van der Waals surface area contributed by atoms with E-state index in [1.165, 1.54) is 11.5 Å². The number of aromatic nitrogens is 4. The van der Waals surface area contributed by atoms with Gasteiger partial charge in [-0.15, -0.1) is 0 Å². The van der Waals surface area contributed by atoms with E-state index in [-0.39, 0.29) is 18.0 Å². The van der Waals surface area contributed by atoms with Crippen LogP contribution in [0, 0.1) is 6.92 Å². The van der Waals surface area contributed by atoms with Crippen LogP contribution >= 0.6 is 11.5 Å². The van der Waals surface area contributed by atoms with Crippen molar-refractivity contribution in [3.63, 3.8) is 0 Å². The molecule has 0 spiro atoms. The second-order valence-corrected chi connectivity index (χ2v) is 7.87. The number of carbonyl (C=O) groups excluding carboxylic acids is 1. The van der Waals surface area contributed by atoms with Crippen molar-refractivity contribution >= 4 is 28.4 Å². The average molecular weight is 426 g/mol. The normalized spacial score (nSPS) is 18.7. The first-order valence-electron chi connectivity index (χ1n) is 9.64. The Kier molecular flexibility index (Phi) is 6.03. The summed E-state index contributed by atoms with van der Waals surface area (Å²) in [7, 11) is 1.62. The SMILES string of the molecule is COc1ccc(C2CN(c3ccncn3)CCC2NC(=O)Nc2cc(C)ns2)nc1. The summed E-state index contributed by atoms with van der Waals surface area (Å²) in [4.78, 5) is 27.7. The van der Waals surface area contributed by atoms with E-state index in [4.69, 9.17) is 4.74 Å². The maximum atomic E-state index is 12.6. The van der Waals surface area contributed by atoms with Gasteiger partial charge in [-0.2, -0.15) is 4.37 Å². The van der Waals surface area contributed by atoms with Crippen LogP contribution in [0.2, 0.25) is 0 Å². The number of aryl methyl sites for hydroxylation is 1. The van der Waals surface area contributed by atoms with E-state index in [0.29, 0.717) is 12.3 Å². The molecule has 2 atom stereocenters. The zero-order valence-electron chi connectivity index (χ0n) is 16.8. The molecule has 3 aromatic heterocycles. The van der Waals surface area contributed by atoms with Crippen LogP contribution in [0.15, 0.2) is 43.0 Å². The second-order valence-electron chi connectivity index (χ2n) is 7.07. The molecule has 30 heavy (non-hydrogen) atoms. The number of nitrogens with zero attached hydrogens (tertiary/aromatic N) is 5. The molecule has 0 aromatic carbocycles. The first kappa shape index (κ1) is 20.0. The molecule has 9 nitrogen and oxygen atoms in total. The van der Waals surface area contributed by atoms with E-state index in [2.05, 4.69) is 34.9 Å². The van der Waals surface area contributed by atoms with Gasteiger partial charge in [0.2, 0.25) is 0 Å². The molecule has 10 heteroatoms. The summed E-state index contributed by atoms with van der Waals surface area (Å²) in [6.45, 7) is 3.35. The van der Waals surface area contributed by atoms with Gasteiger partial charge < -0.3 is 15.0 Å². The third-order valence-electron chi connectivity index (χ3n) is 5.06. The number of anilines is 2. The minimum atomic E-state index is -0.238. The lowest BCUT2D eigenvalue weighted by Crippen LogP contribution is -2.51. The molecule has 4 rings (SSSR count). The van der Waals surface area contributed by atoms with Crippen LogP contribution < -0.4 is 20.3 Å². The fourth-order valence-corrected chi connectivity index (χ4v) is 4.23. The molecule has 0 radical (unpaired) electrons. The maximum Gasteiger partial charge on any atom is 0.320 e. The number of hydrogen-bond donors (Lipinski definition) is 2. The van der Waals surface area contributed by atoms with Crippen LogP contribution in [0.4, 0.5) is 15.6 Å². The van der Waals surface area contributed by atoms with Crippen molar-refractivity contribution in [2.45, 2.75) is 25.3 Å². The summed E-state index contributed by atoms with van der Waals surface area (Å²) in [5, 5.41) is 6.72. The Morgan fingerprint density at radius 3 is 2.87 bits per heavy atom. The number of methoxy groups -OCH3 is 1. The number of amides is 2. The van der Waals surface area contributed by atoms with E-state index >= 15 is 0 Å². The lowest BCUT2D eigenvalue weighted by Gasteiger charge is -2.39. The minimum Gasteiger partial charge on any atom is -0.495 e. The molecule has 3 aromatic rings. The molecule has 1 fully saturated rings. The Balaban J connectivity index is 1.52. The molecule has 0 bridgehead atoms. The highest BCUT2D eigenvalue weighted by Crippen LogP contribution is 2.29. The quantitative estimate of drug-likeness (QED) is 0.647. The Hall–Kier alpha value is -3.27. The molecular formula is C20H23N7O2S. The number of piperidine rings is 1. The van der Waals surface area contributed by atoms with Gasteiger partial charge in [-0.3, -0.25) is 10.3 Å². The Labute approximate surface area is 178 Å². The molecule has 1 aliphatic heterocycles. The van der Waals surface area contributed by atoms with Gasteiger partial charge in [0, 0.05) is 36.9 Å². The first-order valence-corrected chi connectivity index (χ1v) is 10.4. The number of nitrogens with one attached hydrogen (secondary N) is 2. The van der Waals surface area contributed by atoms with Crippen molar-refractivity contribution in [3.05, 3.63) is 54.4 Å². The predicted molar refractivity (Wildman–Crippen MR) is 115 cm³/mol. The van der Waals surface area contributed by atoms with E-state index in [1.54, 1.807) is 25.8 Å². The smallest absolute Gasteiger partial charge is 0.320 e. The molecular weight excluding hydrogens is 402 g/mol. The number of carbonyl (C=O) groups is 1. The topological polar surface area (TPSA) is 105 Å². The summed E-state index contributed by atoms with van der Waals surface area (Å²) in [5.41, 5.74) is 1.78. The number of pyridine rings is 1. The lowest BCUT2D eigenvalue weighted by molar-refractivity contribution is 0.243. The summed E-state index contributed by atoms with van der Waals surface area (Å²) in [6, 6.07) is 7.28. The van der Waals surface area contributed by atoms with Crippen LogP contribution in [0.5, 0.6) is 5.75 Å². The number of rotatable bonds is 5. The fourth-order valence-electron chi connectivity index (χ4n) is 3.57. The van der Waals surface area contributed by atoms with Crippen molar-refractivity contribution in [1.29, 1.82) is 0 Å². The molecule has 2 amide bonds. The molecule has 1 aliphatic rings. The van der Waals surface area contributed by atoms with Crippen LogP contribution in [0.3, 0.4) is 0 Å². The van der Waals surface area contributed by atoms with Crippen molar-refractivity contribution in [3.8, 4) is 5.75 Å². The molecule has 4 heterocycles. The molecule has 2 unspecified atom stereocenters. The standard InChI is InChI=1S/C20H23N7O2S/c1-13-9-19(30-26-13)25-20(28)24-17-6-8-27(18-5-7-21-12-23-18)11-15(17)16-4-3-14(29-2)10-22-16/h3-5,7,9-10,12,15,17H,6,8,11H2,1-2H3,(H2,24,25,28). The first-order chi connectivity index (χ1) is 14.6. The van der Waals surface area contributed by atoms with Crippen LogP contribution in [-0.2, 0) is 0 Å². The third kappa shape index (κ3) is 4.65. The Morgan fingerprint density at radius 2 is 2.20 bits per heavy atom. The third-order valence-corrected chi connectivity index (χ3v) is 5.86. The van der Waals surface area contributed by atoms with Gasteiger partial charge in [-0.25, -0.2) is 14.8 Å². The summed E-state index contributed by atoms with van der Waals surface area (Å²) in [6.07, 6.45) is 5.75. The maximum absolute atomic E-state index is 12.6. The highest BCUT2D eigenvalue weighted by Gasteiger charge is 2.33. The van der Waals surface area contributed by atoms with Crippen molar-refractivity contribution < 1.29 is 9.53 Å². The van der Waals surface area contributed by atoms with Crippen LogP contribution in [-0.4, -0.2) is 51.6 Å². The van der Waals surface area contributed by atoms with Crippen molar-refractivity contribution in [2.24, 2.45) is 0 Å². The van der Waals surface area contributed by atoms with Crippen molar-refractivity contribution in [2.75, 3.05) is 30.4 Å². The number of urea groups is 1. The van der Waals surface area contributed by atoms with Crippen molar-refractivity contribution in [1.82, 2.24) is 24.6 Å². The fraction of sp³-hybridized carbons (Fsp3) is 0.350. The van der Waals surface area contributed by atoms with Crippen LogP contribution in [0.25, 0.3) is 0 Å². The predicted octanol–water partition coefficient (Wildman–Crippen LogP) is 2.83. The molecule has 2 N–H and O–H groups in total. The van der Waals surface area contributed by atoms with E-state index < -0.39 is 0 Å². The van der Waals surface area contributed by atoms with Gasteiger partial charge in [0.1, 0.15) is 22.9 Å². The summed E-state index contributed by atoms with van der Waals surface area (Å²) in [5.74, 6) is 1.56. The second kappa shape index (κ2) is 9.04. The molecule has 0 aliphatic carbocycles. The molecule has 156 valence electrons. The lowest BCUT2D eigenvalue weighted by atomic mass is 9.88. The monoisotopic (exact) mass is 425 g/mol. The largest absolute Gasteiger partial charge is 0.495 e. The van der Waals surface area contributed by atoms with Gasteiger partial charge in [0.25, 0.3) is 0 Å². The zero-order valence-corrected chi connectivity index (χ0v) is 17.6. The van der Waals surface area contributed by atoms with Gasteiger partial charge in [0.05, 0.1) is 19.0 Å². The highest BCUT2D eigenvalue weighted by molar-refractivity contribution is 7.10. The van der Waals surface area contributed by atoms with Gasteiger partial charge >= 0.3 is 6.03 Å². The minimum absolute atomic E-state index is 0.00596. The average Bonchev–Trinajstić information content (AvgIpc) is 3.19. The molecule has 0 saturated carbocycles. The van der Waals surface area contributed by atoms with Gasteiger partial charge in [-0.1, -0.05) is 0 Å². The summed E-state index contributed by atoms with van der Waals surface area (Å²) < 4.78 is 9.43. The number of ether oxygens (including phenoxy) is 1. The highest BCUT2D eigenvalue weighted by atomic mass is 32.1. The summed E-state index contributed by atoms with van der Waals surface area (Å²) >= 11 is 1.27. The van der Waals surface area contributed by atoms with E-state index in [1.807, 2.05) is 31.2 Å². The molecule has 1 saturated heterocycles. The van der Waals surface area contributed by atoms with E-state index in [0.717, 1.165) is 35.2 Å². The number of hydrogen-bond acceptors (Lipinski definition) is 8. The van der Waals surface area contributed by atoms with E-state index in [9.17, 15) is 4.79 Å². The zero-order chi connectivity index (χ0) is 20.9. The van der Waals surface area contributed by atoms with Gasteiger partial charge in [0.15, 0.2) is 0 Å². The Bertz CT molecular complexity index is 980.